The molecule has 0 bridgehead atoms. The Morgan fingerprint density at radius 3 is 2.15 bits per heavy atom. The minimum atomic E-state index is -3.33. The minimum Gasteiger partial charge on any atom is -0.317 e. The van der Waals surface area contributed by atoms with E-state index < -0.39 is 25.4 Å². The molecule has 1 rings (SSSR count). The van der Waals surface area contributed by atoms with Gasteiger partial charge in [-0.25, -0.2) is 5.09 Å². The normalized spacial score (nSPS) is 17.3. The molecule has 2 unspecified atom stereocenters. The van der Waals surface area contributed by atoms with Gasteiger partial charge in [0.2, 0.25) is 0 Å². The van der Waals surface area contributed by atoms with E-state index in [4.69, 9.17) is 14.6 Å². The van der Waals surface area contributed by atoms with Gasteiger partial charge in [0.15, 0.2) is 0 Å². The second kappa shape index (κ2) is 9.82. The molecule has 0 heterocycles. The van der Waals surface area contributed by atoms with Crippen molar-refractivity contribution in [3.8, 4) is 0 Å². The van der Waals surface area contributed by atoms with E-state index in [1.54, 1.807) is 0 Å². The van der Waals surface area contributed by atoms with Crippen molar-refractivity contribution in [2.75, 3.05) is 13.2 Å². The highest BCUT2D eigenvalue weighted by Crippen LogP contribution is 2.56. The van der Waals surface area contributed by atoms with Gasteiger partial charge in [0.05, 0.1) is 23.5 Å². The van der Waals surface area contributed by atoms with Crippen LogP contribution in [0.4, 0.5) is 0 Å². The summed E-state index contributed by atoms with van der Waals surface area (Å²) in [5.41, 5.74) is 6.98. The Hall–Kier alpha value is -0.480. The summed E-state index contributed by atoms with van der Waals surface area (Å²) >= 11 is 0. The Morgan fingerprint density at radius 1 is 1.04 bits per heavy atom. The Labute approximate surface area is 164 Å². The van der Waals surface area contributed by atoms with Crippen molar-refractivity contribution in [3.63, 3.8) is 0 Å². The molecule has 0 aliphatic rings. The van der Waals surface area contributed by atoms with Gasteiger partial charge in [0.1, 0.15) is 0 Å². The van der Waals surface area contributed by atoms with Gasteiger partial charge < -0.3 is 9.05 Å². The van der Waals surface area contributed by atoms with Gasteiger partial charge in [0, 0.05) is 6.54 Å². The van der Waals surface area contributed by atoms with Crippen LogP contribution in [0.3, 0.4) is 0 Å². The van der Waals surface area contributed by atoms with Crippen molar-refractivity contribution in [2.45, 2.75) is 71.3 Å². The van der Waals surface area contributed by atoms with E-state index in [1.165, 1.54) is 0 Å². The number of benzene rings is 1. The third-order valence-electron chi connectivity index (χ3n) is 4.56. The summed E-state index contributed by atoms with van der Waals surface area (Å²) in [7, 11) is -6.29. The lowest BCUT2D eigenvalue weighted by molar-refractivity contribution is 0.262. The average Bonchev–Trinajstić information content (AvgIpc) is 2.57. The summed E-state index contributed by atoms with van der Waals surface area (Å²) in [5, 5.41) is 1.81. The Kier molecular flexibility index (Phi) is 8.94. The Bertz CT molecular complexity index is 672. The smallest absolute Gasteiger partial charge is 0.274 e. The lowest BCUT2D eigenvalue weighted by atomic mass is 10.1. The fourth-order valence-electron chi connectivity index (χ4n) is 2.46. The molecule has 0 amide bonds. The zero-order valence-electron chi connectivity index (χ0n) is 17.5. The molecule has 8 heteroatoms. The number of hydrogen-bond donors (Lipinski definition) is 2. The average molecular weight is 418 g/mol. The summed E-state index contributed by atoms with van der Waals surface area (Å²) in [6, 6.07) is 9.54. The van der Waals surface area contributed by atoms with Crippen LogP contribution >= 0.6 is 15.0 Å². The number of rotatable bonds is 11. The van der Waals surface area contributed by atoms with E-state index in [2.05, 4.69) is 5.09 Å². The second-order valence-electron chi connectivity index (χ2n) is 8.34. The van der Waals surface area contributed by atoms with E-state index in [0.717, 1.165) is 5.56 Å². The van der Waals surface area contributed by atoms with Crippen LogP contribution in [0.5, 0.6) is 0 Å². The van der Waals surface area contributed by atoms with Crippen molar-refractivity contribution in [1.29, 1.82) is 0 Å². The van der Waals surface area contributed by atoms with Crippen molar-refractivity contribution in [3.05, 3.63) is 35.9 Å². The molecule has 0 spiro atoms. The molecule has 0 fully saturated rings. The quantitative estimate of drug-likeness (QED) is 0.363. The molecule has 0 aliphatic carbocycles. The van der Waals surface area contributed by atoms with Gasteiger partial charge in [-0.05, 0) is 53.0 Å². The first kappa shape index (κ1) is 24.6. The number of hydrogen-bond acceptors (Lipinski definition) is 4. The third kappa shape index (κ3) is 7.12. The first-order chi connectivity index (χ1) is 12.3. The highest BCUT2D eigenvalue weighted by Gasteiger charge is 2.40. The lowest BCUT2D eigenvalue weighted by Gasteiger charge is -2.33. The summed E-state index contributed by atoms with van der Waals surface area (Å²) < 4.78 is 37.2. The maximum Gasteiger partial charge on any atom is 0.274 e. The molecule has 3 N–H and O–H groups in total. The molecule has 1 aromatic rings. The summed E-state index contributed by atoms with van der Waals surface area (Å²) in [6.45, 7) is 12.4. The van der Waals surface area contributed by atoms with Gasteiger partial charge in [-0.2, -0.15) is 0 Å². The zero-order chi connectivity index (χ0) is 20.8. The fraction of sp³-hybridized carbons (Fsp3) is 0.684. The predicted octanol–water partition coefficient (Wildman–Crippen LogP) is 5.53. The maximum atomic E-state index is 13.0. The molecule has 27 heavy (non-hydrogen) atoms. The van der Waals surface area contributed by atoms with Gasteiger partial charge in [-0.3, -0.25) is 14.6 Å². The van der Waals surface area contributed by atoms with Crippen molar-refractivity contribution < 1.29 is 18.2 Å². The molecule has 156 valence electrons. The van der Waals surface area contributed by atoms with Gasteiger partial charge in [-0.15, -0.1) is 0 Å². The van der Waals surface area contributed by atoms with E-state index in [-0.39, 0.29) is 6.61 Å². The van der Waals surface area contributed by atoms with Crippen molar-refractivity contribution in [2.24, 2.45) is 5.50 Å². The Balaban J connectivity index is 2.58. The Morgan fingerprint density at radius 2 is 1.63 bits per heavy atom. The largest absolute Gasteiger partial charge is 0.317 e. The molecule has 0 radical (unpaired) electrons. The fourth-order valence-corrected chi connectivity index (χ4v) is 5.37. The standard InChI is InChI=1S/C19H36N2O4P2/c1-7-21-27(23,18(2,3)4)24-15-11-14-19(5,6)26(20,22)25-16-17-12-9-8-10-13-17/h8-10,12-13H,7,11,14-16H2,1-6H3,(H2,20,22)(H,21,23). The molecule has 2 atom stereocenters. The monoisotopic (exact) mass is 418 g/mol. The first-order valence-corrected chi connectivity index (χ1v) is 12.7. The van der Waals surface area contributed by atoms with Crippen molar-refractivity contribution in [1.82, 2.24) is 5.09 Å². The van der Waals surface area contributed by atoms with E-state index >= 15 is 0 Å². The maximum absolute atomic E-state index is 13.0. The highest BCUT2D eigenvalue weighted by atomic mass is 31.2. The lowest BCUT2D eigenvalue weighted by Crippen LogP contribution is -2.29. The van der Waals surface area contributed by atoms with Crippen LogP contribution in [-0.2, 0) is 24.8 Å². The van der Waals surface area contributed by atoms with Gasteiger partial charge in [0.25, 0.3) is 15.0 Å². The zero-order valence-corrected chi connectivity index (χ0v) is 19.3. The van der Waals surface area contributed by atoms with Crippen LogP contribution < -0.4 is 10.6 Å². The molecular weight excluding hydrogens is 382 g/mol. The highest BCUT2D eigenvalue weighted by molar-refractivity contribution is 7.58. The SMILES string of the molecule is CCNP(=O)(OCCCC(C)(C)P(N)(=O)OCc1ccccc1)C(C)(C)C. The van der Waals surface area contributed by atoms with E-state index in [9.17, 15) is 9.13 Å². The van der Waals surface area contributed by atoms with Crippen molar-refractivity contribution >= 4 is 15.0 Å². The summed E-state index contributed by atoms with van der Waals surface area (Å²) in [4.78, 5) is 0. The van der Waals surface area contributed by atoms with Gasteiger partial charge in [-0.1, -0.05) is 37.3 Å². The molecule has 0 aliphatic heterocycles. The van der Waals surface area contributed by atoms with Crippen LogP contribution in [0.2, 0.25) is 0 Å². The van der Waals surface area contributed by atoms with Crippen LogP contribution in [0.25, 0.3) is 0 Å². The molecule has 1 aromatic carbocycles. The molecule has 6 nitrogen and oxygen atoms in total. The summed E-state index contributed by atoms with van der Waals surface area (Å²) in [6.07, 6.45) is 1.14. The summed E-state index contributed by atoms with van der Waals surface area (Å²) in [5.74, 6) is 0. The predicted molar refractivity (Wildman–Crippen MR) is 113 cm³/mol. The topological polar surface area (TPSA) is 90.6 Å². The van der Waals surface area contributed by atoms with Crippen LogP contribution in [0.15, 0.2) is 30.3 Å². The molecular formula is C19H36N2O4P2. The van der Waals surface area contributed by atoms with E-state index in [0.29, 0.717) is 26.0 Å². The van der Waals surface area contributed by atoms with Crippen LogP contribution in [-0.4, -0.2) is 23.5 Å². The number of nitrogens with two attached hydrogens (primary N) is 1. The second-order valence-corrected chi connectivity index (χ2v) is 14.0. The third-order valence-corrected chi connectivity index (χ3v) is 10.0. The minimum absolute atomic E-state index is 0.216. The molecule has 0 aromatic heterocycles. The van der Waals surface area contributed by atoms with E-state index in [1.807, 2.05) is 71.9 Å². The molecule has 0 saturated heterocycles. The number of nitrogens with one attached hydrogen (secondary N) is 1. The van der Waals surface area contributed by atoms with Crippen LogP contribution in [0, 0.1) is 0 Å². The first-order valence-electron chi connectivity index (χ1n) is 9.42. The van der Waals surface area contributed by atoms with Crippen LogP contribution in [0.1, 0.15) is 59.9 Å². The molecule has 0 saturated carbocycles. The van der Waals surface area contributed by atoms with Gasteiger partial charge >= 0.3 is 0 Å².